The van der Waals surface area contributed by atoms with E-state index < -0.39 is 0 Å². The number of halogens is 1. The van der Waals surface area contributed by atoms with Crippen molar-refractivity contribution in [2.75, 3.05) is 19.4 Å². The second-order valence-electron chi connectivity index (χ2n) is 7.23. The van der Waals surface area contributed by atoms with Crippen LogP contribution >= 0.6 is 11.6 Å². The summed E-state index contributed by atoms with van der Waals surface area (Å²) in [4.78, 5) is 14.4. The van der Waals surface area contributed by atoms with E-state index in [1.54, 1.807) is 6.20 Å². The molecule has 26 heavy (non-hydrogen) atoms. The molecule has 0 bridgehead atoms. The maximum absolute atomic E-state index is 6.35. The van der Waals surface area contributed by atoms with Gasteiger partial charge in [0.15, 0.2) is 0 Å². The Balaban J connectivity index is 1.66. The van der Waals surface area contributed by atoms with Gasteiger partial charge in [-0.15, -0.1) is 0 Å². The number of aromatic nitrogens is 3. The molecule has 3 heterocycles. The highest BCUT2D eigenvalue weighted by Gasteiger charge is 2.27. The average Bonchev–Trinajstić information content (AvgIpc) is 3.05. The predicted molar refractivity (Wildman–Crippen MR) is 108 cm³/mol. The summed E-state index contributed by atoms with van der Waals surface area (Å²) in [7, 11) is 4.31. The Bertz CT molecular complexity index is 904. The van der Waals surface area contributed by atoms with Crippen LogP contribution in [0.3, 0.4) is 0 Å². The first-order chi connectivity index (χ1) is 12.6. The highest BCUT2D eigenvalue weighted by molar-refractivity contribution is 6.29. The van der Waals surface area contributed by atoms with Crippen molar-refractivity contribution >= 4 is 28.5 Å². The molecule has 1 fully saturated rings. The summed E-state index contributed by atoms with van der Waals surface area (Å²) in [6.07, 6.45) is 8.69. The Morgan fingerprint density at radius 2 is 2.08 bits per heavy atom. The van der Waals surface area contributed by atoms with Crippen LogP contribution in [0.4, 0.5) is 5.82 Å². The van der Waals surface area contributed by atoms with E-state index in [-0.39, 0.29) is 0 Å². The van der Waals surface area contributed by atoms with Gasteiger partial charge in [-0.05, 0) is 56.8 Å². The van der Waals surface area contributed by atoms with Gasteiger partial charge >= 0.3 is 0 Å². The third kappa shape index (κ3) is 3.41. The molecule has 0 aliphatic heterocycles. The first-order valence-corrected chi connectivity index (χ1v) is 9.52. The monoisotopic (exact) mass is 369 g/mol. The van der Waals surface area contributed by atoms with E-state index in [4.69, 9.17) is 11.6 Å². The Morgan fingerprint density at radius 1 is 1.23 bits per heavy atom. The van der Waals surface area contributed by atoms with Crippen molar-refractivity contribution in [2.45, 2.75) is 37.8 Å². The van der Waals surface area contributed by atoms with E-state index >= 15 is 0 Å². The molecule has 0 radical (unpaired) electrons. The summed E-state index contributed by atoms with van der Waals surface area (Å²) in [6, 6.07) is 8.92. The fourth-order valence-electron chi connectivity index (χ4n) is 4.01. The lowest BCUT2D eigenvalue weighted by molar-refractivity contribution is 0.211. The highest BCUT2D eigenvalue weighted by Crippen LogP contribution is 2.32. The number of anilines is 1. The minimum atomic E-state index is 0.391. The van der Waals surface area contributed by atoms with E-state index in [0.29, 0.717) is 17.2 Å². The number of likely N-dealkylation sites (N-methyl/N-ethyl adjacent to an activating group) is 1. The Labute approximate surface area is 158 Å². The second-order valence-corrected chi connectivity index (χ2v) is 7.62. The number of H-pyrrole nitrogens is 1. The lowest BCUT2D eigenvalue weighted by Gasteiger charge is -2.36. The number of nitrogens with zero attached hydrogens (tertiary/aromatic N) is 3. The smallest absolute Gasteiger partial charge is 0.137 e. The van der Waals surface area contributed by atoms with Gasteiger partial charge in [0.1, 0.15) is 16.6 Å². The molecule has 1 aliphatic carbocycles. The summed E-state index contributed by atoms with van der Waals surface area (Å²) in [5.41, 5.74) is 3.02. The number of nitrogens with one attached hydrogen (secondary N) is 2. The van der Waals surface area contributed by atoms with Crippen LogP contribution in [0.2, 0.25) is 5.15 Å². The van der Waals surface area contributed by atoms with Gasteiger partial charge in [0.2, 0.25) is 0 Å². The van der Waals surface area contributed by atoms with Gasteiger partial charge in [-0.1, -0.05) is 24.4 Å². The molecule has 0 amide bonds. The van der Waals surface area contributed by atoms with Crippen LogP contribution < -0.4 is 5.32 Å². The van der Waals surface area contributed by atoms with Gasteiger partial charge in [0.25, 0.3) is 0 Å². The van der Waals surface area contributed by atoms with Crippen molar-refractivity contribution in [1.29, 1.82) is 0 Å². The summed E-state index contributed by atoms with van der Waals surface area (Å²) in [6.45, 7) is 0. The van der Waals surface area contributed by atoms with Crippen molar-refractivity contribution in [2.24, 2.45) is 0 Å². The second kappa shape index (κ2) is 7.25. The molecular weight excluding hydrogens is 346 g/mol. The molecule has 2 unspecified atom stereocenters. The molecular formula is C20H24ClN5. The largest absolute Gasteiger partial charge is 0.366 e. The molecule has 2 atom stereocenters. The third-order valence-electron chi connectivity index (χ3n) is 5.28. The number of hydrogen-bond donors (Lipinski definition) is 2. The van der Waals surface area contributed by atoms with Gasteiger partial charge in [0, 0.05) is 35.4 Å². The number of rotatable bonds is 4. The molecule has 1 saturated carbocycles. The lowest BCUT2D eigenvalue weighted by atomic mass is 9.89. The minimum Gasteiger partial charge on any atom is -0.366 e. The highest BCUT2D eigenvalue weighted by atomic mass is 35.5. The quantitative estimate of drug-likeness (QED) is 0.662. The number of hydrogen-bond acceptors (Lipinski definition) is 4. The van der Waals surface area contributed by atoms with E-state index in [1.165, 1.54) is 19.3 Å². The maximum atomic E-state index is 6.35. The van der Waals surface area contributed by atoms with E-state index in [9.17, 15) is 0 Å². The SMILES string of the molecule is CN(C)C1CCCCC1Nc1cc(-c2c[nH]c3ncccc23)cc(Cl)n1. The van der Waals surface area contributed by atoms with Crippen LogP contribution in [0.25, 0.3) is 22.2 Å². The van der Waals surface area contributed by atoms with Gasteiger partial charge < -0.3 is 15.2 Å². The first kappa shape index (κ1) is 17.3. The first-order valence-electron chi connectivity index (χ1n) is 9.15. The zero-order valence-electron chi connectivity index (χ0n) is 15.2. The topological polar surface area (TPSA) is 56.8 Å². The molecule has 1 aliphatic rings. The third-order valence-corrected chi connectivity index (χ3v) is 5.48. The zero-order valence-corrected chi connectivity index (χ0v) is 15.9. The zero-order chi connectivity index (χ0) is 18.1. The van der Waals surface area contributed by atoms with Crippen LogP contribution in [-0.2, 0) is 0 Å². The van der Waals surface area contributed by atoms with Gasteiger partial charge in [-0.2, -0.15) is 0 Å². The normalized spacial score (nSPS) is 20.6. The predicted octanol–water partition coefficient (Wildman–Crippen LogP) is 4.56. The van der Waals surface area contributed by atoms with Crippen LogP contribution in [0, 0.1) is 0 Å². The molecule has 3 aromatic heterocycles. The average molecular weight is 370 g/mol. The van der Waals surface area contributed by atoms with Crippen molar-refractivity contribution < 1.29 is 0 Å². The molecule has 5 nitrogen and oxygen atoms in total. The van der Waals surface area contributed by atoms with Crippen LogP contribution in [0.15, 0.2) is 36.7 Å². The van der Waals surface area contributed by atoms with Crippen molar-refractivity contribution in [3.8, 4) is 11.1 Å². The number of aromatic amines is 1. The van der Waals surface area contributed by atoms with Crippen LogP contribution in [-0.4, -0.2) is 46.0 Å². The summed E-state index contributed by atoms with van der Waals surface area (Å²) >= 11 is 6.35. The van der Waals surface area contributed by atoms with Gasteiger partial charge in [-0.25, -0.2) is 9.97 Å². The standard InChI is InChI=1S/C20H24ClN5/c1-26(2)17-8-4-3-7-16(17)24-19-11-13(10-18(21)25-19)15-12-23-20-14(15)6-5-9-22-20/h5-6,9-12,16-17H,3-4,7-8H2,1-2H3,(H,22,23)(H,24,25). The molecule has 2 N–H and O–H groups in total. The lowest BCUT2D eigenvalue weighted by Crippen LogP contribution is -2.45. The van der Waals surface area contributed by atoms with Crippen LogP contribution in [0.5, 0.6) is 0 Å². The molecule has 0 spiro atoms. The molecule has 3 aromatic rings. The summed E-state index contributed by atoms with van der Waals surface area (Å²) < 4.78 is 0. The Hall–Kier alpha value is -2.11. The van der Waals surface area contributed by atoms with Crippen molar-refractivity contribution in [3.05, 3.63) is 41.8 Å². The van der Waals surface area contributed by atoms with Gasteiger partial charge in [0.05, 0.1) is 0 Å². The molecule has 0 saturated heterocycles. The van der Waals surface area contributed by atoms with E-state index in [1.807, 2.05) is 18.3 Å². The fraction of sp³-hybridized carbons (Fsp3) is 0.400. The fourth-order valence-corrected chi connectivity index (χ4v) is 4.22. The maximum Gasteiger partial charge on any atom is 0.137 e. The summed E-state index contributed by atoms with van der Waals surface area (Å²) in [5, 5.41) is 5.23. The minimum absolute atomic E-state index is 0.391. The van der Waals surface area contributed by atoms with E-state index in [0.717, 1.165) is 34.4 Å². The number of pyridine rings is 2. The van der Waals surface area contributed by atoms with Crippen molar-refractivity contribution in [1.82, 2.24) is 19.9 Å². The Kier molecular flexibility index (Phi) is 4.83. The Morgan fingerprint density at radius 3 is 2.92 bits per heavy atom. The molecule has 136 valence electrons. The molecule has 6 heteroatoms. The molecule has 4 rings (SSSR count). The van der Waals surface area contributed by atoms with Crippen molar-refractivity contribution in [3.63, 3.8) is 0 Å². The van der Waals surface area contributed by atoms with E-state index in [2.05, 4.69) is 51.4 Å². The molecule has 0 aromatic carbocycles. The summed E-state index contributed by atoms with van der Waals surface area (Å²) in [5.74, 6) is 0.837. The van der Waals surface area contributed by atoms with Gasteiger partial charge in [-0.3, -0.25) is 0 Å². The van der Waals surface area contributed by atoms with Crippen LogP contribution in [0.1, 0.15) is 25.7 Å². The number of fused-ring (bicyclic) bond motifs is 1.